The predicted octanol–water partition coefficient (Wildman–Crippen LogP) is 4.68. The normalized spacial score (nSPS) is 11.9. The van der Waals surface area contributed by atoms with E-state index in [1.54, 1.807) is 6.26 Å². The van der Waals surface area contributed by atoms with E-state index in [9.17, 15) is 18.0 Å². The summed E-state index contributed by atoms with van der Waals surface area (Å²) in [6.45, 7) is 3.79. The average molecular weight is 386 g/mol. The Kier molecular flexibility index (Phi) is 4.54. The Balaban J connectivity index is 2.16. The molecular weight excluding hydrogens is 373 g/mol. The van der Waals surface area contributed by atoms with Gasteiger partial charge in [0, 0.05) is 4.88 Å². The van der Waals surface area contributed by atoms with Crippen LogP contribution >= 0.6 is 23.1 Å². The van der Waals surface area contributed by atoms with E-state index in [0.717, 1.165) is 10.4 Å². The summed E-state index contributed by atoms with van der Waals surface area (Å²) >= 11 is 2.75. The maximum atomic E-state index is 13.0. The number of rotatable bonds is 3. The van der Waals surface area contributed by atoms with Gasteiger partial charge in [0.2, 0.25) is 0 Å². The van der Waals surface area contributed by atoms with Gasteiger partial charge in [-0.25, -0.2) is 4.98 Å². The van der Waals surface area contributed by atoms with Gasteiger partial charge in [0.15, 0.2) is 5.16 Å². The topological polar surface area (TPSA) is 44.1 Å². The Morgan fingerprint density at radius 2 is 1.84 bits per heavy atom. The van der Waals surface area contributed by atoms with E-state index in [0.29, 0.717) is 21.1 Å². The molecule has 0 saturated carbocycles. The van der Waals surface area contributed by atoms with Crippen LogP contribution in [-0.4, -0.2) is 22.2 Å². The smallest absolute Gasteiger partial charge is 0.406 e. The maximum absolute atomic E-state index is 13.0. The van der Waals surface area contributed by atoms with Crippen molar-refractivity contribution in [2.75, 3.05) is 6.26 Å². The molecule has 3 aromatic rings. The van der Waals surface area contributed by atoms with Crippen molar-refractivity contribution in [1.29, 1.82) is 0 Å². The van der Waals surface area contributed by atoms with Crippen LogP contribution in [0.25, 0.3) is 15.9 Å². The number of thiophene rings is 1. The number of benzene rings is 1. The number of nitrogens with zero attached hydrogens (tertiary/aromatic N) is 2. The van der Waals surface area contributed by atoms with Gasteiger partial charge < -0.3 is 4.74 Å². The molecule has 0 aliphatic heterocycles. The highest BCUT2D eigenvalue weighted by Crippen LogP contribution is 2.29. The minimum absolute atomic E-state index is 0.235. The van der Waals surface area contributed by atoms with Crippen molar-refractivity contribution in [2.24, 2.45) is 0 Å². The van der Waals surface area contributed by atoms with Crippen LogP contribution in [0.1, 0.15) is 10.4 Å². The number of ether oxygens (including phenoxy) is 1. The molecule has 0 amide bonds. The number of aromatic nitrogens is 2. The standard InChI is InChI=1S/C16H13F3N2O2S2/c1-8-9(2)25-13-12(8)14(22)21(15(20-13)24-3)10-4-6-11(7-5-10)23-16(17,18)19/h4-7H,1-3H3. The number of aryl methyl sites for hydroxylation is 2. The van der Waals surface area contributed by atoms with Crippen LogP contribution in [0.2, 0.25) is 0 Å². The SMILES string of the molecule is CSc1nc2sc(C)c(C)c2c(=O)n1-c1ccc(OC(F)(F)F)cc1. The molecule has 0 N–H and O–H groups in total. The molecule has 0 bridgehead atoms. The van der Waals surface area contributed by atoms with Gasteiger partial charge in [0.1, 0.15) is 10.6 Å². The van der Waals surface area contributed by atoms with Gasteiger partial charge >= 0.3 is 6.36 Å². The fourth-order valence-corrected chi connectivity index (χ4v) is 4.07. The van der Waals surface area contributed by atoms with E-state index in [1.807, 2.05) is 13.8 Å². The summed E-state index contributed by atoms with van der Waals surface area (Å²) in [5, 5.41) is 1.01. The van der Waals surface area contributed by atoms with Crippen molar-refractivity contribution >= 4 is 33.3 Å². The largest absolute Gasteiger partial charge is 0.573 e. The van der Waals surface area contributed by atoms with E-state index in [1.165, 1.54) is 51.9 Å². The second-order valence-electron chi connectivity index (χ2n) is 5.24. The lowest BCUT2D eigenvalue weighted by Gasteiger charge is -2.12. The third-order valence-electron chi connectivity index (χ3n) is 3.68. The van der Waals surface area contributed by atoms with E-state index in [2.05, 4.69) is 9.72 Å². The van der Waals surface area contributed by atoms with Crippen molar-refractivity contribution in [1.82, 2.24) is 9.55 Å². The summed E-state index contributed by atoms with van der Waals surface area (Å²) in [5.74, 6) is -0.341. The number of fused-ring (bicyclic) bond motifs is 1. The number of halogens is 3. The first-order valence-corrected chi connectivity index (χ1v) is 9.18. The lowest BCUT2D eigenvalue weighted by atomic mass is 10.2. The number of hydrogen-bond donors (Lipinski definition) is 0. The number of alkyl halides is 3. The molecule has 0 aliphatic carbocycles. The monoisotopic (exact) mass is 386 g/mol. The second kappa shape index (κ2) is 6.38. The highest BCUT2D eigenvalue weighted by molar-refractivity contribution is 7.98. The highest BCUT2D eigenvalue weighted by atomic mass is 32.2. The zero-order valence-corrected chi connectivity index (χ0v) is 15.1. The minimum Gasteiger partial charge on any atom is -0.406 e. The Morgan fingerprint density at radius 1 is 1.20 bits per heavy atom. The van der Waals surface area contributed by atoms with Crippen LogP contribution in [0.4, 0.5) is 13.2 Å². The van der Waals surface area contributed by atoms with Crippen LogP contribution in [0, 0.1) is 13.8 Å². The van der Waals surface area contributed by atoms with Crippen molar-refractivity contribution in [3.05, 3.63) is 45.1 Å². The first kappa shape index (κ1) is 17.8. The van der Waals surface area contributed by atoms with Gasteiger partial charge in [-0.15, -0.1) is 24.5 Å². The summed E-state index contributed by atoms with van der Waals surface area (Å²) in [5.41, 5.74) is 1.07. The summed E-state index contributed by atoms with van der Waals surface area (Å²) < 4.78 is 42.1. The van der Waals surface area contributed by atoms with E-state index < -0.39 is 6.36 Å². The van der Waals surface area contributed by atoms with Crippen LogP contribution in [0.15, 0.2) is 34.2 Å². The molecule has 0 aliphatic rings. The summed E-state index contributed by atoms with van der Waals surface area (Å²) in [4.78, 5) is 19.2. The van der Waals surface area contributed by atoms with Gasteiger partial charge in [-0.2, -0.15) is 0 Å². The molecule has 0 unspecified atom stereocenters. The van der Waals surface area contributed by atoms with Crippen molar-refractivity contribution in [3.8, 4) is 11.4 Å². The molecular formula is C16H13F3N2O2S2. The Hall–Kier alpha value is -2.00. The van der Waals surface area contributed by atoms with Crippen molar-refractivity contribution in [2.45, 2.75) is 25.4 Å². The van der Waals surface area contributed by atoms with E-state index >= 15 is 0 Å². The van der Waals surface area contributed by atoms with Gasteiger partial charge in [-0.3, -0.25) is 9.36 Å². The molecule has 3 rings (SSSR count). The number of hydrogen-bond acceptors (Lipinski definition) is 5. The molecule has 0 radical (unpaired) electrons. The quantitative estimate of drug-likeness (QED) is 0.484. The first-order valence-electron chi connectivity index (χ1n) is 7.14. The number of thioether (sulfide) groups is 1. The van der Waals surface area contributed by atoms with Gasteiger partial charge in [0.25, 0.3) is 5.56 Å². The Bertz CT molecular complexity index is 992. The van der Waals surface area contributed by atoms with Gasteiger partial charge in [-0.05, 0) is 49.9 Å². The van der Waals surface area contributed by atoms with Crippen molar-refractivity contribution in [3.63, 3.8) is 0 Å². The van der Waals surface area contributed by atoms with Gasteiger partial charge in [-0.1, -0.05) is 11.8 Å². The van der Waals surface area contributed by atoms with Crippen LogP contribution in [0.3, 0.4) is 0 Å². The van der Waals surface area contributed by atoms with Crippen LogP contribution < -0.4 is 10.3 Å². The van der Waals surface area contributed by atoms with Crippen molar-refractivity contribution < 1.29 is 17.9 Å². The predicted molar refractivity (Wildman–Crippen MR) is 93.2 cm³/mol. The van der Waals surface area contributed by atoms with Crippen LogP contribution in [-0.2, 0) is 0 Å². The summed E-state index contributed by atoms with van der Waals surface area (Å²) in [6.07, 6.45) is -2.97. The highest BCUT2D eigenvalue weighted by Gasteiger charge is 2.31. The third-order valence-corrected chi connectivity index (χ3v) is 5.42. The molecule has 2 aromatic heterocycles. The van der Waals surface area contributed by atoms with Crippen LogP contribution in [0.5, 0.6) is 5.75 Å². The second-order valence-corrected chi connectivity index (χ2v) is 7.22. The summed E-state index contributed by atoms with van der Waals surface area (Å²) in [7, 11) is 0. The molecule has 0 atom stereocenters. The molecule has 0 fully saturated rings. The lowest BCUT2D eigenvalue weighted by molar-refractivity contribution is -0.274. The molecule has 0 saturated heterocycles. The molecule has 4 nitrogen and oxygen atoms in total. The molecule has 132 valence electrons. The van der Waals surface area contributed by atoms with Gasteiger partial charge in [0.05, 0.1) is 11.1 Å². The van der Waals surface area contributed by atoms with E-state index in [4.69, 9.17) is 0 Å². The molecule has 25 heavy (non-hydrogen) atoms. The molecule has 2 heterocycles. The molecule has 9 heteroatoms. The zero-order valence-electron chi connectivity index (χ0n) is 13.5. The maximum Gasteiger partial charge on any atom is 0.573 e. The average Bonchev–Trinajstić information content (AvgIpc) is 2.81. The molecule has 1 aromatic carbocycles. The third kappa shape index (κ3) is 3.38. The fraction of sp³-hybridized carbons (Fsp3) is 0.250. The van der Waals surface area contributed by atoms with E-state index in [-0.39, 0.29) is 11.3 Å². The minimum atomic E-state index is -4.76. The molecule has 0 spiro atoms. The Morgan fingerprint density at radius 3 is 2.40 bits per heavy atom. The Labute approximate surface area is 149 Å². The zero-order chi connectivity index (χ0) is 18.4. The summed E-state index contributed by atoms with van der Waals surface area (Å²) in [6, 6.07) is 5.17. The first-order chi connectivity index (χ1) is 11.7. The fourth-order valence-electron chi connectivity index (χ4n) is 2.44. The lowest BCUT2D eigenvalue weighted by Crippen LogP contribution is -2.21.